The van der Waals surface area contributed by atoms with Crippen LogP contribution in [-0.4, -0.2) is 17.5 Å². The van der Waals surface area contributed by atoms with Gasteiger partial charge in [-0.1, -0.05) is 70.8 Å². The van der Waals surface area contributed by atoms with Gasteiger partial charge in [0.2, 0.25) is 0 Å². The average molecular weight is 258 g/mol. The third-order valence-electron chi connectivity index (χ3n) is 2.91. The van der Waals surface area contributed by atoms with Gasteiger partial charge in [-0.25, -0.2) is 0 Å². The van der Waals surface area contributed by atoms with Crippen LogP contribution in [0.25, 0.3) is 0 Å². The molecule has 0 radical (unpaired) electrons. The van der Waals surface area contributed by atoms with E-state index in [1.54, 1.807) is 6.08 Å². The van der Waals surface area contributed by atoms with Crippen LogP contribution in [0.3, 0.4) is 0 Å². The molecule has 0 rings (SSSR count). The smallest absolute Gasteiger partial charge is 0.0620 e. The van der Waals surface area contributed by atoms with Gasteiger partial charge in [0, 0.05) is 0 Å². The quantitative estimate of drug-likeness (QED) is 0.461. The average Bonchev–Trinajstić information content (AvgIpc) is 2.35. The molecular weight excluding hydrogens is 228 g/mol. The summed E-state index contributed by atoms with van der Waals surface area (Å²) in [7, 11) is 0. The Labute approximate surface area is 112 Å². The standard InChI is InChI=1S/C15H30OS/c1-2-3-4-5-6-7-8-9-10-11-14-17-15-12-13-16/h12,15-16H,2-11,13-14H2,1H3/b15-12-. The first-order valence-corrected chi connectivity index (χ1v) is 8.34. The highest BCUT2D eigenvalue weighted by Gasteiger charge is 1.92. The lowest BCUT2D eigenvalue weighted by Crippen LogP contribution is -1.83. The molecule has 0 amide bonds. The number of thioether (sulfide) groups is 1. The minimum Gasteiger partial charge on any atom is -0.392 e. The van der Waals surface area contributed by atoms with E-state index in [1.165, 1.54) is 70.0 Å². The van der Waals surface area contributed by atoms with Crippen LogP contribution < -0.4 is 0 Å². The van der Waals surface area contributed by atoms with Crippen LogP contribution in [0.2, 0.25) is 0 Å². The molecule has 0 aliphatic heterocycles. The Bertz CT molecular complexity index is 157. The Hall–Kier alpha value is 0.0500. The highest BCUT2D eigenvalue weighted by atomic mass is 32.2. The fraction of sp³-hybridized carbons (Fsp3) is 0.867. The van der Waals surface area contributed by atoms with Crippen molar-refractivity contribution >= 4 is 11.8 Å². The fourth-order valence-electron chi connectivity index (χ4n) is 1.85. The van der Waals surface area contributed by atoms with E-state index in [1.807, 2.05) is 17.2 Å². The Morgan fingerprint density at radius 3 is 1.88 bits per heavy atom. The fourth-order valence-corrected chi connectivity index (χ4v) is 2.58. The minimum atomic E-state index is 0.172. The third-order valence-corrected chi connectivity index (χ3v) is 3.82. The van der Waals surface area contributed by atoms with Crippen LogP contribution in [0.1, 0.15) is 71.1 Å². The molecule has 0 aliphatic carbocycles. The van der Waals surface area contributed by atoms with Gasteiger partial charge in [-0.3, -0.25) is 0 Å². The molecule has 0 saturated carbocycles. The van der Waals surface area contributed by atoms with Crippen molar-refractivity contribution in [2.24, 2.45) is 0 Å². The summed E-state index contributed by atoms with van der Waals surface area (Å²) in [5.74, 6) is 1.20. The molecule has 0 saturated heterocycles. The summed E-state index contributed by atoms with van der Waals surface area (Å²) in [6.45, 7) is 2.44. The summed E-state index contributed by atoms with van der Waals surface area (Å²) < 4.78 is 0. The molecule has 0 aromatic heterocycles. The van der Waals surface area contributed by atoms with Crippen LogP contribution >= 0.6 is 11.8 Å². The molecule has 17 heavy (non-hydrogen) atoms. The molecule has 0 spiro atoms. The highest BCUT2D eigenvalue weighted by Crippen LogP contribution is 2.12. The molecule has 0 fully saturated rings. The van der Waals surface area contributed by atoms with Gasteiger partial charge in [0.05, 0.1) is 6.61 Å². The molecule has 0 aromatic carbocycles. The van der Waals surface area contributed by atoms with Crippen molar-refractivity contribution in [3.8, 4) is 0 Å². The molecule has 102 valence electrons. The van der Waals surface area contributed by atoms with Crippen molar-refractivity contribution in [3.05, 3.63) is 11.5 Å². The summed E-state index contributed by atoms with van der Waals surface area (Å²) in [4.78, 5) is 0. The summed E-state index contributed by atoms with van der Waals surface area (Å²) in [5.41, 5.74) is 0. The second kappa shape index (κ2) is 16.1. The molecule has 1 nitrogen and oxygen atoms in total. The molecule has 1 N–H and O–H groups in total. The lowest BCUT2D eigenvalue weighted by molar-refractivity contribution is 0.343. The van der Waals surface area contributed by atoms with Crippen LogP contribution in [0, 0.1) is 0 Å². The van der Waals surface area contributed by atoms with Gasteiger partial charge in [-0.05, 0) is 17.6 Å². The van der Waals surface area contributed by atoms with Gasteiger partial charge in [0.1, 0.15) is 0 Å². The summed E-state index contributed by atoms with van der Waals surface area (Å²) in [6.07, 6.45) is 15.8. The Kier molecular flexibility index (Phi) is 16.1. The summed E-state index contributed by atoms with van der Waals surface area (Å²) in [6, 6.07) is 0. The number of hydrogen-bond acceptors (Lipinski definition) is 2. The molecule has 0 bridgehead atoms. The number of hydrogen-bond donors (Lipinski definition) is 1. The van der Waals surface area contributed by atoms with Gasteiger partial charge in [-0.2, -0.15) is 0 Å². The van der Waals surface area contributed by atoms with E-state index < -0.39 is 0 Å². The predicted octanol–water partition coefficient (Wildman–Crippen LogP) is 5.15. The molecule has 0 unspecified atom stereocenters. The topological polar surface area (TPSA) is 20.2 Å². The van der Waals surface area contributed by atoms with Crippen LogP contribution in [0.15, 0.2) is 11.5 Å². The maximum atomic E-state index is 8.54. The molecule has 0 heterocycles. The second-order valence-corrected chi connectivity index (χ2v) is 5.62. The molecule has 0 aliphatic rings. The van der Waals surface area contributed by atoms with Crippen molar-refractivity contribution in [2.45, 2.75) is 71.1 Å². The number of unbranched alkanes of at least 4 members (excludes halogenated alkanes) is 9. The van der Waals surface area contributed by atoms with Gasteiger partial charge in [0.15, 0.2) is 0 Å². The van der Waals surface area contributed by atoms with E-state index in [2.05, 4.69) is 6.92 Å². The van der Waals surface area contributed by atoms with Crippen molar-refractivity contribution in [2.75, 3.05) is 12.4 Å². The van der Waals surface area contributed by atoms with E-state index in [-0.39, 0.29) is 6.61 Å². The lowest BCUT2D eigenvalue weighted by atomic mass is 10.1. The predicted molar refractivity (Wildman–Crippen MR) is 80.5 cm³/mol. The maximum absolute atomic E-state index is 8.54. The van der Waals surface area contributed by atoms with Crippen molar-refractivity contribution in [1.29, 1.82) is 0 Å². The van der Waals surface area contributed by atoms with Crippen molar-refractivity contribution in [1.82, 2.24) is 0 Å². The number of rotatable bonds is 13. The SMILES string of the molecule is CCCCCCCCCCCCS/C=C\CO. The maximum Gasteiger partial charge on any atom is 0.0620 e. The molecule has 2 heteroatoms. The Morgan fingerprint density at radius 2 is 1.35 bits per heavy atom. The van der Waals surface area contributed by atoms with Crippen LogP contribution in [0.5, 0.6) is 0 Å². The first-order chi connectivity index (χ1) is 8.41. The zero-order chi connectivity index (χ0) is 12.6. The Balaban J connectivity index is 2.91. The van der Waals surface area contributed by atoms with Crippen LogP contribution in [-0.2, 0) is 0 Å². The van der Waals surface area contributed by atoms with Gasteiger partial charge in [0.25, 0.3) is 0 Å². The Morgan fingerprint density at radius 1 is 0.824 bits per heavy atom. The first kappa shape index (κ1) is 17.1. The minimum absolute atomic E-state index is 0.172. The monoisotopic (exact) mass is 258 g/mol. The zero-order valence-corrected chi connectivity index (χ0v) is 12.3. The van der Waals surface area contributed by atoms with E-state index in [4.69, 9.17) is 5.11 Å². The van der Waals surface area contributed by atoms with Crippen molar-refractivity contribution in [3.63, 3.8) is 0 Å². The zero-order valence-electron chi connectivity index (χ0n) is 11.5. The number of aliphatic hydroxyl groups excluding tert-OH is 1. The van der Waals surface area contributed by atoms with E-state index in [9.17, 15) is 0 Å². The van der Waals surface area contributed by atoms with Crippen LogP contribution in [0.4, 0.5) is 0 Å². The van der Waals surface area contributed by atoms with Gasteiger partial charge >= 0.3 is 0 Å². The largest absolute Gasteiger partial charge is 0.392 e. The third kappa shape index (κ3) is 16.1. The molecule has 0 atom stereocenters. The molecule has 0 aromatic rings. The lowest BCUT2D eigenvalue weighted by Gasteiger charge is -2.01. The van der Waals surface area contributed by atoms with E-state index in [0.29, 0.717) is 0 Å². The van der Waals surface area contributed by atoms with Gasteiger partial charge < -0.3 is 5.11 Å². The highest BCUT2D eigenvalue weighted by molar-refractivity contribution is 8.02. The number of aliphatic hydroxyl groups is 1. The summed E-state index contributed by atoms with van der Waals surface area (Å²) in [5, 5.41) is 10.6. The first-order valence-electron chi connectivity index (χ1n) is 7.29. The second-order valence-electron chi connectivity index (χ2n) is 4.61. The van der Waals surface area contributed by atoms with Gasteiger partial charge in [-0.15, -0.1) is 11.8 Å². The van der Waals surface area contributed by atoms with E-state index in [0.717, 1.165) is 0 Å². The molecular formula is C15H30OS. The normalized spacial score (nSPS) is 11.4. The van der Waals surface area contributed by atoms with E-state index >= 15 is 0 Å². The van der Waals surface area contributed by atoms with Crippen molar-refractivity contribution < 1.29 is 5.11 Å². The summed E-state index contributed by atoms with van der Waals surface area (Å²) >= 11 is 1.81.